The number of carbonyl (C=O) groups is 2. The van der Waals surface area contributed by atoms with Crippen molar-refractivity contribution in [1.82, 2.24) is 0 Å². The standard InChI is InChI=1S/C16H30O3S2/c1-16(2,3)19-15(18)8-6-5-7-13(9-11-20)14(17)10-12-21-4/h13,20H,5-12H2,1-4H3. The van der Waals surface area contributed by atoms with Gasteiger partial charge >= 0.3 is 5.97 Å². The monoisotopic (exact) mass is 334 g/mol. The molecule has 5 heteroatoms. The van der Waals surface area contributed by atoms with Crippen LogP contribution in [0.25, 0.3) is 0 Å². The lowest BCUT2D eigenvalue weighted by atomic mass is 9.93. The number of ether oxygens (including phenoxy) is 1. The van der Waals surface area contributed by atoms with Gasteiger partial charge in [0.15, 0.2) is 0 Å². The van der Waals surface area contributed by atoms with Gasteiger partial charge in [0.1, 0.15) is 11.4 Å². The molecule has 0 aromatic carbocycles. The number of Topliss-reactive ketones (excluding diaryl/α,β-unsaturated/α-hetero) is 1. The lowest BCUT2D eigenvalue weighted by Crippen LogP contribution is -2.23. The van der Waals surface area contributed by atoms with E-state index in [9.17, 15) is 9.59 Å². The van der Waals surface area contributed by atoms with Crippen molar-refractivity contribution >= 4 is 36.1 Å². The molecule has 0 bridgehead atoms. The molecule has 0 heterocycles. The van der Waals surface area contributed by atoms with E-state index < -0.39 is 5.60 Å². The summed E-state index contributed by atoms with van der Waals surface area (Å²) in [6, 6.07) is 0. The van der Waals surface area contributed by atoms with Crippen molar-refractivity contribution < 1.29 is 14.3 Å². The Morgan fingerprint density at radius 3 is 2.33 bits per heavy atom. The van der Waals surface area contributed by atoms with Crippen LogP contribution in [0.5, 0.6) is 0 Å². The summed E-state index contributed by atoms with van der Waals surface area (Å²) in [7, 11) is 0. The van der Waals surface area contributed by atoms with Crippen molar-refractivity contribution in [2.24, 2.45) is 5.92 Å². The first-order valence-corrected chi connectivity index (χ1v) is 9.67. The first kappa shape index (κ1) is 20.8. The first-order valence-electron chi connectivity index (χ1n) is 7.64. The Labute approximate surface area is 139 Å². The van der Waals surface area contributed by atoms with Gasteiger partial charge in [-0.1, -0.05) is 6.42 Å². The van der Waals surface area contributed by atoms with Crippen LogP contribution >= 0.6 is 24.4 Å². The fourth-order valence-corrected chi connectivity index (χ4v) is 2.80. The Balaban J connectivity index is 3.98. The van der Waals surface area contributed by atoms with Crippen LogP contribution in [0.2, 0.25) is 0 Å². The average molecular weight is 335 g/mol. The molecular weight excluding hydrogens is 304 g/mol. The van der Waals surface area contributed by atoms with Crippen LogP contribution < -0.4 is 0 Å². The number of unbranched alkanes of at least 4 members (excludes halogenated alkanes) is 1. The molecular formula is C16H30O3S2. The van der Waals surface area contributed by atoms with E-state index in [0.717, 1.165) is 37.2 Å². The highest BCUT2D eigenvalue weighted by Crippen LogP contribution is 2.19. The number of thioether (sulfide) groups is 1. The Morgan fingerprint density at radius 2 is 1.81 bits per heavy atom. The molecule has 0 saturated heterocycles. The van der Waals surface area contributed by atoms with E-state index in [2.05, 4.69) is 12.6 Å². The van der Waals surface area contributed by atoms with Gasteiger partial charge in [0, 0.05) is 18.8 Å². The van der Waals surface area contributed by atoms with Gasteiger partial charge < -0.3 is 4.74 Å². The second-order valence-corrected chi connectivity index (χ2v) is 7.68. The number of hydrogen-bond donors (Lipinski definition) is 1. The second kappa shape index (κ2) is 11.4. The van der Waals surface area contributed by atoms with Crippen LogP contribution in [-0.4, -0.2) is 35.1 Å². The summed E-state index contributed by atoms with van der Waals surface area (Å²) in [5.74, 6) is 1.92. The molecule has 0 amide bonds. The van der Waals surface area contributed by atoms with Crippen LogP contribution in [0.3, 0.4) is 0 Å². The van der Waals surface area contributed by atoms with Gasteiger partial charge in [-0.25, -0.2) is 0 Å². The third kappa shape index (κ3) is 12.1. The van der Waals surface area contributed by atoms with E-state index in [1.165, 1.54) is 0 Å². The maximum Gasteiger partial charge on any atom is 0.306 e. The molecule has 0 aliphatic heterocycles. The maximum atomic E-state index is 12.1. The van der Waals surface area contributed by atoms with Gasteiger partial charge in [0.25, 0.3) is 0 Å². The number of thiol groups is 1. The summed E-state index contributed by atoms with van der Waals surface area (Å²) in [5, 5.41) is 0. The predicted molar refractivity (Wildman–Crippen MR) is 94.3 cm³/mol. The number of ketones is 1. The maximum absolute atomic E-state index is 12.1. The Kier molecular flexibility index (Phi) is 11.3. The first-order chi connectivity index (χ1) is 9.80. The third-order valence-electron chi connectivity index (χ3n) is 3.09. The molecule has 0 aromatic heterocycles. The van der Waals surface area contributed by atoms with Gasteiger partial charge in [-0.05, 0) is 57.8 Å². The number of esters is 1. The van der Waals surface area contributed by atoms with Crippen molar-refractivity contribution in [3.63, 3.8) is 0 Å². The van der Waals surface area contributed by atoms with E-state index in [0.29, 0.717) is 18.6 Å². The minimum Gasteiger partial charge on any atom is -0.460 e. The van der Waals surface area contributed by atoms with Crippen LogP contribution in [0, 0.1) is 5.92 Å². The molecule has 0 aliphatic carbocycles. The van der Waals surface area contributed by atoms with E-state index >= 15 is 0 Å². The normalized spacial score (nSPS) is 13.0. The van der Waals surface area contributed by atoms with E-state index in [1.54, 1.807) is 11.8 Å². The SMILES string of the molecule is CSCCC(=O)C(CCS)CCCCC(=O)OC(C)(C)C. The van der Waals surface area contributed by atoms with Crippen molar-refractivity contribution in [2.75, 3.05) is 17.8 Å². The average Bonchev–Trinajstić information content (AvgIpc) is 2.37. The Hall–Kier alpha value is -0.160. The molecule has 0 saturated carbocycles. The van der Waals surface area contributed by atoms with Gasteiger partial charge in [-0.2, -0.15) is 24.4 Å². The number of hydrogen-bond acceptors (Lipinski definition) is 5. The Morgan fingerprint density at radius 1 is 1.14 bits per heavy atom. The van der Waals surface area contributed by atoms with Crippen molar-refractivity contribution in [1.29, 1.82) is 0 Å². The smallest absolute Gasteiger partial charge is 0.306 e. The highest BCUT2D eigenvalue weighted by atomic mass is 32.2. The lowest BCUT2D eigenvalue weighted by molar-refractivity contribution is -0.154. The zero-order valence-corrected chi connectivity index (χ0v) is 15.5. The highest BCUT2D eigenvalue weighted by molar-refractivity contribution is 7.98. The summed E-state index contributed by atoms with van der Waals surface area (Å²) in [6.07, 6.45) is 6.47. The molecule has 0 aliphatic rings. The van der Waals surface area contributed by atoms with E-state index in [1.807, 2.05) is 27.0 Å². The minimum absolute atomic E-state index is 0.105. The molecule has 1 unspecified atom stereocenters. The van der Waals surface area contributed by atoms with Gasteiger partial charge in [-0.3, -0.25) is 9.59 Å². The van der Waals surface area contributed by atoms with Gasteiger partial charge in [0.05, 0.1) is 0 Å². The van der Waals surface area contributed by atoms with Crippen LogP contribution in [-0.2, 0) is 14.3 Å². The molecule has 0 fully saturated rings. The van der Waals surface area contributed by atoms with Crippen LogP contribution in [0.1, 0.15) is 59.3 Å². The molecule has 0 spiro atoms. The van der Waals surface area contributed by atoms with Crippen molar-refractivity contribution in [3.05, 3.63) is 0 Å². The molecule has 21 heavy (non-hydrogen) atoms. The molecule has 0 rings (SSSR count). The number of rotatable bonds is 11. The summed E-state index contributed by atoms with van der Waals surface area (Å²) in [6.45, 7) is 5.62. The van der Waals surface area contributed by atoms with Crippen molar-refractivity contribution in [2.45, 2.75) is 64.9 Å². The summed E-state index contributed by atoms with van der Waals surface area (Å²) >= 11 is 5.94. The molecule has 3 nitrogen and oxygen atoms in total. The highest BCUT2D eigenvalue weighted by Gasteiger charge is 2.18. The molecule has 1 atom stereocenters. The fraction of sp³-hybridized carbons (Fsp3) is 0.875. The van der Waals surface area contributed by atoms with E-state index in [4.69, 9.17) is 4.74 Å². The second-order valence-electron chi connectivity index (χ2n) is 6.25. The molecule has 0 aromatic rings. The lowest BCUT2D eigenvalue weighted by Gasteiger charge is -2.19. The number of carbonyl (C=O) groups excluding carboxylic acids is 2. The topological polar surface area (TPSA) is 43.4 Å². The summed E-state index contributed by atoms with van der Waals surface area (Å²) in [5.41, 5.74) is -0.417. The van der Waals surface area contributed by atoms with Crippen LogP contribution in [0.4, 0.5) is 0 Å². The summed E-state index contributed by atoms with van der Waals surface area (Å²) < 4.78 is 5.27. The zero-order chi connectivity index (χ0) is 16.3. The van der Waals surface area contributed by atoms with Crippen LogP contribution in [0.15, 0.2) is 0 Å². The predicted octanol–water partition coefficient (Wildman–Crippen LogP) is 4.15. The third-order valence-corrected chi connectivity index (χ3v) is 3.96. The molecule has 124 valence electrons. The zero-order valence-electron chi connectivity index (χ0n) is 13.8. The quantitative estimate of drug-likeness (QED) is 0.350. The minimum atomic E-state index is -0.417. The van der Waals surface area contributed by atoms with E-state index in [-0.39, 0.29) is 11.9 Å². The Bertz CT molecular complexity index is 311. The summed E-state index contributed by atoms with van der Waals surface area (Å²) in [4.78, 5) is 23.7. The molecule has 0 N–H and O–H groups in total. The molecule has 0 radical (unpaired) electrons. The largest absolute Gasteiger partial charge is 0.460 e. The fourth-order valence-electron chi connectivity index (χ4n) is 2.08. The van der Waals surface area contributed by atoms with Gasteiger partial charge in [0.2, 0.25) is 0 Å². The van der Waals surface area contributed by atoms with Gasteiger partial charge in [-0.15, -0.1) is 0 Å². The van der Waals surface area contributed by atoms with Crippen molar-refractivity contribution in [3.8, 4) is 0 Å².